The molecule has 0 atom stereocenters. The Bertz CT molecular complexity index is 222. The van der Waals surface area contributed by atoms with Gasteiger partial charge < -0.3 is 0 Å². The van der Waals surface area contributed by atoms with Gasteiger partial charge in [-0.2, -0.15) is 0 Å². The minimum atomic E-state index is -0.877. The summed E-state index contributed by atoms with van der Waals surface area (Å²) in [4.78, 5) is 0. The van der Waals surface area contributed by atoms with E-state index in [0.717, 1.165) is 0 Å². The Kier molecular flexibility index (Phi) is 1.99. The molecule has 1 aliphatic carbocycles. The summed E-state index contributed by atoms with van der Waals surface area (Å²) < 4.78 is 0. The highest BCUT2D eigenvalue weighted by Gasteiger charge is 2.55. The molecule has 1 saturated heterocycles. The Morgan fingerprint density at radius 2 is 1.58 bits per heavy atom. The number of allylic oxidation sites excluding steroid dienone is 4. The van der Waals surface area contributed by atoms with E-state index in [4.69, 9.17) is 0 Å². The van der Waals surface area contributed by atoms with Crippen LogP contribution in [0.5, 0.6) is 0 Å². The third kappa shape index (κ3) is 0.956. The van der Waals surface area contributed by atoms with Crippen molar-refractivity contribution in [3.05, 3.63) is 22.5 Å². The van der Waals surface area contributed by atoms with Crippen LogP contribution in [0, 0.1) is 0 Å². The number of hydrogen-bond acceptors (Lipinski definition) is 0. The summed E-state index contributed by atoms with van der Waals surface area (Å²) in [6, 6.07) is 3.05. The molecule has 0 saturated carbocycles. The first-order chi connectivity index (χ1) is 5.85. The monoisotopic (exact) mass is 178 g/mol. The summed E-state index contributed by atoms with van der Waals surface area (Å²) in [5.74, 6) is 0. The van der Waals surface area contributed by atoms with Crippen LogP contribution in [0.3, 0.4) is 0 Å². The molecule has 1 heteroatoms. The van der Waals surface area contributed by atoms with Crippen LogP contribution in [0.1, 0.15) is 33.1 Å². The summed E-state index contributed by atoms with van der Waals surface area (Å²) in [5, 5.41) is 3.68. The molecule has 2 rings (SSSR count). The van der Waals surface area contributed by atoms with E-state index in [2.05, 4.69) is 26.0 Å². The maximum Gasteiger partial charge on any atom is 0.117 e. The zero-order chi connectivity index (χ0) is 8.60. The van der Waals surface area contributed by atoms with E-state index in [1.165, 1.54) is 31.4 Å². The molecular formula is C11H18Si. The summed E-state index contributed by atoms with van der Waals surface area (Å²) in [6.07, 6.45) is 9.01. The van der Waals surface area contributed by atoms with E-state index in [1.807, 2.05) is 10.4 Å². The van der Waals surface area contributed by atoms with Crippen molar-refractivity contribution < 1.29 is 0 Å². The highest BCUT2D eigenvalue weighted by atomic mass is 28.3. The largest absolute Gasteiger partial charge is 0.117 e. The lowest BCUT2D eigenvalue weighted by Gasteiger charge is -2.09. The molecule has 0 unspecified atom stereocenters. The van der Waals surface area contributed by atoms with Gasteiger partial charge in [-0.1, -0.05) is 49.2 Å². The minimum Gasteiger partial charge on any atom is -0.0812 e. The van der Waals surface area contributed by atoms with Gasteiger partial charge in [-0.3, -0.25) is 0 Å². The smallest absolute Gasteiger partial charge is 0.0812 e. The fourth-order valence-corrected chi connectivity index (χ4v) is 8.43. The zero-order valence-corrected chi connectivity index (χ0v) is 9.19. The molecule has 0 nitrogen and oxygen atoms in total. The van der Waals surface area contributed by atoms with Crippen molar-refractivity contribution in [1.82, 2.24) is 0 Å². The van der Waals surface area contributed by atoms with Gasteiger partial charge in [-0.25, -0.2) is 0 Å². The fraction of sp³-hybridized carbons (Fsp3) is 0.636. The van der Waals surface area contributed by atoms with Crippen molar-refractivity contribution in [1.29, 1.82) is 0 Å². The molecule has 2 aliphatic rings. The predicted molar refractivity (Wildman–Crippen MR) is 56.7 cm³/mol. The Hall–Kier alpha value is -0.303. The minimum absolute atomic E-state index is 0.877. The molecule has 1 aliphatic heterocycles. The average Bonchev–Trinajstić information content (AvgIpc) is 2.51. The SMILES string of the molecule is CCC[Si]1(CCC)C2=CCC=C21. The van der Waals surface area contributed by atoms with Crippen molar-refractivity contribution in [3.63, 3.8) is 0 Å². The van der Waals surface area contributed by atoms with E-state index in [0.29, 0.717) is 0 Å². The van der Waals surface area contributed by atoms with Crippen LogP contribution in [-0.4, -0.2) is 8.07 Å². The van der Waals surface area contributed by atoms with Crippen LogP contribution in [0.4, 0.5) is 0 Å². The topological polar surface area (TPSA) is 0 Å². The molecule has 1 heterocycles. The zero-order valence-electron chi connectivity index (χ0n) is 8.19. The van der Waals surface area contributed by atoms with E-state index in [9.17, 15) is 0 Å². The molecule has 0 radical (unpaired) electrons. The first kappa shape index (κ1) is 8.30. The van der Waals surface area contributed by atoms with Gasteiger partial charge in [-0.05, 0) is 18.5 Å². The fourth-order valence-electron chi connectivity index (χ4n) is 2.83. The van der Waals surface area contributed by atoms with Crippen LogP contribution < -0.4 is 0 Å². The third-order valence-electron chi connectivity index (χ3n) is 3.26. The second kappa shape index (κ2) is 2.88. The molecular weight excluding hydrogens is 160 g/mol. The highest BCUT2D eigenvalue weighted by molar-refractivity contribution is 7.07. The van der Waals surface area contributed by atoms with Gasteiger partial charge in [-0.15, -0.1) is 0 Å². The van der Waals surface area contributed by atoms with Crippen LogP contribution in [0.15, 0.2) is 22.5 Å². The average molecular weight is 178 g/mol. The van der Waals surface area contributed by atoms with Crippen molar-refractivity contribution in [2.75, 3.05) is 0 Å². The van der Waals surface area contributed by atoms with Crippen molar-refractivity contribution >= 4 is 8.07 Å². The lowest BCUT2D eigenvalue weighted by molar-refractivity contribution is 1.00. The van der Waals surface area contributed by atoms with Crippen molar-refractivity contribution in [3.8, 4) is 0 Å². The Morgan fingerprint density at radius 3 is 2.00 bits per heavy atom. The van der Waals surface area contributed by atoms with Gasteiger partial charge in [0.05, 0.1) is 0 Å². The molecule has 0 N–H and O–H groups in total. The summed E-state index contributed by atoms with van der Waals surface area (Å²) in [5.41, 5.74) is 0. The lowest BCUT2D eigenvalue weighted by atomic mass is 10.5. The van der Waals surface area contributed by atoms with Crippen molar-refractivity contribution in [2.45, 2.75) is 45.2 Å². The van der Waals surface area contributed by atoms with Crippen LogP contribution in [0.2, 0.25) is 12.1 Å². The van der Waals surface area contributed by atoms with E-state index < -0.39 is 8.07 Å². The maximum atomic E-state index is 2.49. The lowest BCUT2D eigenvalue weighted by Crippen LogP contribution is -2.15. The molecule has 0 aromatic rings. The predicted octanol–water partition coefficient (Wildman–Crippen LogP) is 3.60. The molecule has 0 spiro atoms. The molecule has 66 valence electrons. The van der Waals surface area contributed by atoms with Gasteiger partial charge in [0.15, 0.2) is 0 Å². The van der Waals surface area contributed by atoms with Gasteiger partial charge in [0.2, 0.25) is 0 Å². The number of fused-ring (bicyclic) bond motifs is 1. The van der Waals surface area contributed by atoms with Gasteiger partial charge in [0.1, 0.15) is 8.07 Å². The van der Waals surface area contributed by atoms with Gasteiger partial charge in [0, 0.05) is 0 Å². The normalized spacial score (nSPS) is 23.2. The van der Waals surface area contributed by atoms with Gasteiger partial charge >= 0.3 is 0 Å². The second-order valence-electron chi connectivity index (χ2n) is 4.05. The van der Waals surface area contributed by atoms with Gasteiger partial charge in [0.25, 0.3) is 0 Å². The first-order valence-electron chi connectivity index (χ1n) is 5.27. The molecule has 0 aromatic carbocycles. The maximum absolute atomic E-state index is 2.49. The van der Waals surface area contributed by atoms with Crippen LogP contribution >= 0.6 is 0 Å². The quantitative estimate of drug-likeness (QED) is 0.577. The molecule has 1 fully saturated rings. The third-order valence-corrected chi connectivity index (χ3v) is 8.72. The number of hydrogen-bond donors (Lipinski definition) is 0. The highest BCUT2D eigenvalue weighted by Crippen LogP contribution is 2.56. The Morgan fingerprint density at radius 1 is 1.08 bits per heavy atom. The molecule has 12 heavy (non-hydrogen) atoms. The van der Waals surface area contributed by atoms with E-state index >= 15 is 0 Å². The van der Waals surface area contributed by atoms with Crippen LogP contribution in [-0.2, 0) is 0 Å². The summed E-state index contributed by atoms with van der Waals surface area (Å²) >= 11 is 0. The van der Waals surface area contributed by atoms with E-state index in [-0.39, 0.29) is 0 Å². The molecule has 0 bridgehead atoms. The van der Waals surface area contributed by atoms with Crippen molar-refractivity contribution in [2.24, 2.45) is 0 Å². The summed E-state index contributed by atoms with van der Waals surface area (Å²) in [7, 11) is -0.877. The standard InChI is InChI=1S/C11H18Si/c1-3-8-12(9-4-2)10-6-5-7-11(10)12/h6-7H,3-5,8-9H2,1-2H3. The van der Waals surface area contributed by atoms with E-state index in [1.54, 1.807) is 0 Å². The second-order valence-corrected chi connectivity index (χ2v) is 8.29. The number of rotatable bonds is 4. The molecule has 0 aromatic heterocycles. The first-order valence-corrected chi connectivity index (χ1v) is 7.68. The van der Waals surface area contributed by atoms with Crippen LogP contribution in [0.25, 0.3) is 0 Å². The Labute approximate surface area is 76.4 Å². The summed E-state index contributed by atoms with van der Waals surface area (Å²) in [6.45, 7) is 4.67. The molecule has 0 amide bonds. The Balaban J connectivity index is 2.12.